The van der Waals surface area contributed by atoms with Crippen LogP contribution in [0.5, 0.6) is 0 Å². The molecule has 0 saturated heterocycles. The molecular formula is C20H19NOS. The predicted molar refractivity (Wildman–Crippen MR) is 97.5 cm³/mol. The normalized spacial score (nSPS) is 10.9. The second-order valence-corrected chi connectivity index (χ2v) is 6.82. The lowest BCUT2D eigenvalue weighted by molar-refractivity contribution is 0.102. The third-order valence-corrected chi connectivity index (χ3v) is 4.84. The number of carbonyl (C=O) groups excluding carboxylic acids is 1. The topological polar surface area (TPSA) is 30.0 Å². The highest BCUT2D eigenvalue weighted by Gasteiger charge is 2.11. The van der Waals surface area contributed by atoms with Crippen molar-refractivity contribution in [2.75, 3.05) is 5.75 Å². The van der Waals surface area contributed by atoms with Gasteiger partial charge in [-0.3, -0.25) is 4.79 Å². The van der Waals surface area contributed by atoms with Crippen molar-refractivity contribution < 1.29 is 4.79 Å². The van der Waals surface area contributed by atoms with E-state index in [1.54, 1.807) is 0 Å². The van der Waals surface area contributed by atoms with E-state index in [1.807, 2.05) is 44.2 Å². The van der Waals surface area contributed by atoms with E-state index in [0.29, 0.717) is 5.75 Å². The summed E-state index contributed by atoms with van der Waals surface area (Å²) in [6.45, 7) is 6.11. The fourth-order valence-electron chi connectivity index (χ4n) is 2.74. The van der Waals surface area contributed by atoms with E-state index in [4.69, 9.17) is 0 Å². The van der Waals surface area contributed by atoms with E-state index in [2.05, 4.69) is 30.1 Å². The molecule has 0 spiro atoms. The van der Waals surface area contributed by atoms with Crippen molar-refractivity contribution in [1.82, 2.24) is 4.98 Å². The molecule has 3 heteroatoms. The minimum absolute atomic E-state index is 0.153. The van der Waals surface area contributed by atoms with Crippen molar-refractivity contribution >= 4 is 28.4 Å². The van der Waals surface area contributed by atoms with Gasteiger partial charge in [-0.05, 0) is 44.0 Å². The highest BCUT2D eigenvalue weighted by Crippen LogP contribution is 2.24. The number of benzene rings is 2. The van der Waals surface area contributed by atoms with Gasteiger partial charge >= 0.3 is 0 Å². The standard InChI is InChI=1S/C20H19NOS/c1-13-8-9-17(14(2)10-13)19(22)12-23-20-11-15(3)16-6-4-5-7-18(16)21-20/h4-11H,12H2,1-3H3. The first-order valence-corrected chi connectivity index (χ1v) is 8.63. The van der Waals surface area contributed by atoms with Crippen LogP contribution >= 0.6 is 11.8 Å². The monoisotopic (exact) mass is 321 g/mol. The van der Waals surface area contributed by atoms with E-state index in [-0.39, 0.29) is 5.78 Å². The molecule has 0 unspecified atom stereocenters. The number of hydrogen-bond donors (Lipinski definition) is 0. The summed E-state index contributed by atoms with van der Waals surface area (Å²) in [6.07, 6.45) is 0. The number of thioether (sulfide) groups is 1. The second kappa shape index (κ2) is 6.55. The SMILES string of the molecule is Cc1ccc(C(=O)CSc2cc(C)c3ccccc3n2)c(C)c1. The molecule has 2 aromatic carbocycles. The maximum Gasteiger partial charge on any atom is 0.173 e. The molecule has 0 aliphatic carbocycles. The van der Waals surface area contributed by atoms with E-state index >= 15 is 0 Å². The smallest absolute Gasteiger partial charge is 0.173 e. The molecule has 3 aromatic rings. The summed E-state index contributed by atoms with van der Waals surface area (Å²) < 4.78 is 0. The summed E-state index contributed by atoms with van der Waals surface area (Å²) in [5.74, 6) is 0.564. The van der Waals surface area contributed by atoms with Gasteiger partial charge < -0.3 is 0 Å². The van der Waals surface area contributed by atoms with Crippen molar-refractivity contribution in [2.45, 2.75) is 25.8 Å². The van der Waals surface area contributed by atoms with Crippen LogP contribution < -0.4 is 0 Å². The van der Waals surface area contributed by atoms with E-state index in [1.165, 1.54) is 22.9 Å². The number of hydrogen-bond acceptors (Lipinski definition) is 3. The van der Waals surface area contributed by atoms with Gasteiger partial charge in [0.1, 0.15) is 0 Å². The minimum atomic E-state index is 0.153. The van der Waals surface area contributed by atoms with Gasteiger partial charge in [-0.15, -0.1) is 0 Å². The second-order valence-electron chi connectivity index (χ2n) is 5.82. The molecule has 0 aliphatic heterocycles. The molecule has 2 nitrogen and oxygen atoms in total. The minimum Gasteiger partial charge on any atom is -0.293 e. The molecule has 0 N–H and O–H groups in total. The third kappa shape index (κ3) is 3.45. The molecule has 0 aliphatic rings. The Morgan fingerprint density at radius 2 is 1.78 bits per heavy atom. The van der Waals surface area contributed by atoms with Crippen molar-refractivity contribution in [2.24, 2.45) is 0 Å². The van der Waals surface area contributed by atoms with Crippen LogP contribution in [-0.2, 0) is 0 Å². The molecule has 0 bridgehead atoms. The number of para-hydroxylation sites is 1. The molecule has 3 rings (SSSR count). The van der Waals surface area contributed by atoms with Crippen LogP contribution in [0.3, 0.4) is 0 Å². The zero-order valence-corrected chi connectivity index (χ0v) is 14.4. The molecule has 0 atom stereocenters. The Hall–Kier alpha value is -2.13. The number of rotatable bonds is 4. The largest absolute Gasteiger partial charge is 0.293 e. The number of pyridine rings is 1. The maximum atomic E-state index is 12.5. The van der Waals surface area contributed by atoms with Crippen molar-refractivity contribution in [1.29, 1.82) is 0 Å². The Labute approximate surface area is 140 Å². The molecule has 0 saturated carbocycles. The van der Waals surface area contributed by atoms with Crippen LogP contribution in [0.25, 0.3) is 10.9 Å². The maximum absolute atomic E-state index is 12.5. The van der Waals surface area contributed by atoms with Gasteiger partial charge in [0, 0.05) is 10.9 Å². The Kier molecular flexibility index (Phi) is 4.49. The molecule has 116 valence electrons. The molecular weight excluding hydrogens is 302 g/mol. The molecule has 0 radical (unpaired) electrons. The van der Waals surface area contributed by atoms with Gasteiger partial charge in [0.15, 0.2) is 5.78 Å². The number of ketones is 1. The van der Waals surface area contributed by atoms with Crippen LogP contribution in [0.2, 0.25) is 0 Å². The average molecular weight is 321 g/mol. The molecule has 1 heterocycles. The number of Topliss-reactive ketones (excluding diaryl/α,β-unsaturated/α-hetero) is 1. The van der Waals surface area contributed by atoms with Gasteiger partial charge in [-0.2, -0.15) is 0 Å². The first-order valence-electron chi connectivity index (χ1n) is 7.64. The summed E-state index contributed by atoms with van der Waals surface area (Å²) in [7, 11) is 0. The molecule has 0 fully saturated rings. The first-order chi connectivity index (χ1) is 11.0. The fourth-order valence-corrected chi connectivity index (χ4v) is 3.59. The van der Waals surface area contributed by atoms with Crippen LogP contribution in [0.4, 0.5) is 0 Å². The molecule has 0 amide bonds. The number of carbonyl (C=O) groups is 1. The summed E-state index contributed by atoms with van der Waals surface area (Å²) in [4.78, 5) is 17.1. The summed E-state index contributed by atoms with van der Waals surface area (Å²) in [6, 6.07) is 16.1. The lowest BCUT2D eigenvalue weighted by atomic mass is 10.0. The fraction of sp³-hybridized carbons (Fsp3) is 0.200. The van der Waals surface area contributed by atoms with Gasteiger partial charge in [-0.1, -0.05) is 53.7 Å². The average Bonchev–Trinajstić information content (AvgIpc) is 2.53. The van der Waals surface area contributed by atoms with E-state index in [9.17, 15) is 4.79 Å². The van der Waals surface area contributed by atoms with Crippen molar-refractivity contribution in [3.63, 3.8) is 0 Å². The van der Waals surface area contributed by atoms with Gasteiger partial charge in [0.2, 0.25) is 0 Å². The Morgan fingerprint density at radius 1 is 1.00 bits per heavy atom. The highest BCUT2D eigenvalue weighted by molar-refractivity contribution is 7.99. The molecule has 1 aromatic heterocycles. The Bertz CT molecular complexity index is 886. The van der Waals surface area contributed by atoms with E-state index < -0.39 is 0 Å². The number of aromatic nitrogens is 1. The van der Waals surface area contributed by atoms with Crippen molar-refractivity contribution in [3.8, 4) is 0 Å². The Morgan fingerprint density at radius 3 is 2.57 bits per heavy atom. The van der Waals surface area contributed by atoms with Crippen LogP contribution in [0.15, 0.2) is 53.6 Å². The summed E-state index contributed by atoms with van der Waals surface area (Å²) in [5.41, 5.74) is 5.20. The Balaban J connectivity index is 1.79. The van der Waals surface area contributed by atoms with E-state index in [0.717, 1.165) is 27.1 Å². The van der Waals surface area contributed by atoms with Gasteiger partial charge in [-0.25, -0.2) is 4.98 Å². The van der Waals surface area contributed by atoms with Crippen molar-refractivity contribution in [3.05, 3.63) is 70.8 Å². The van der Waals surface area contributed by atoms with Crippen LogP contribution in [-0.4, -0.2) is 16.5 Å². The summed E-state index contributed by atoms with van der Waals surface area (Å²) >= 11 is 1.50. The zero-order chi connectivity index (χ0) is 16.4. The number of nitrogens with zero attached hydrogens (tertiary/aromatic N) is 1. The quantitative estimate of drug-likeness (QED) is 0.492. The first kappa shape index (κ1) is 15.8. The lowest BCUT2D eigenvalue weighted by Gasteiger charge is -2.08. The number of aryl methyl sites for hydroxylation is 3. The predicted octanol–water partition coefficient (Wildman–Crippen LogP) is 5.14. The lowest BCUT2D eigenvalue weighted by Crippen LogP contribution is -2.05. The zero-order valence-electron chi connectivity index (χ0n) is 13.6. The highest BCUT2D eigenvalue weighted by atomic mass is 32.2. The van der Waals surface area contributed by atoms with Crippen LogP contribution in [0, 0.1) is 20.8 Å². The van der Waals surface area contributed by atoms with Crippen LogP contribution in [0.1, 0.15) is 27.0 Å². The third-order valence-electron chi connectivity index (χ3n) is 3.93. The van der Waals surface area contributed by atoms with Gasteiger partial charge in [0.05, 0.1) is 16.3 Å². The van der Waals surface area contributed by atoms with Gasteiger partial charge in [0.25, 0.3) is 0 Å². The summed E-state index contributed by atoms with van der Waals surface area (Å²) in [5, 5.41) is 2.07. The molecule has 23 heavy (non-hydrogen) atoms. The number of fused-ring (bicyclic) bond motifs is 1.